The van der Waals surface area contributed by atoms with Gasteiger partial charge < -0.3 is 15.4 Å². The van der Waals surface area contributed by atoms with Crippen molar-refractivity contribution < 1.29 is 13.9 Å². The number of nitrogens with one attached hydrogen (secondary N) is 2. The first-order valence-corrected chi connectivity index (χ1v) is 7.98. The monoisotopic (exact) mass is 328 g/mol. The van der Waals surface area contributed by atoms with Crippen molar-refractivity contribution in [3.05, 3.63) is 34.6 Å². The number of carbonyl (C=O) groups is 1. The van der Waals surface area contributed by atoms with Gasteiger partial charge in [-0.15, -0.1) is 0 Å². The molecule has 0 aromatic heterocycles. The molecular weight excluding hydrogens is 307 g/mol. The van der Waals surface area contributed by atoms with Crippen LogP contribution in [0.2, 0.25) is 5.02 Å². The first-order chi connectivity index (χ1) is 10.6. The first kappa shape index (κ1) is 17.2. The number of carbonyl (C=O) groups excluding carboxylic acids is 1. The average Bonchev–Trinajstić information content (AvgIpc) is 2.51. The summed E-state index contributed by atoms with van der Waals surface area (Å²) in [5.74, 6) is -0.327. The smallest absolute Gasteiger partial charge is 0.216 e. The second-order valence-corrected chi connectivity index (χ2v) is 5.93. The van der Waals surface area contributed by atoms with Crippen molar-refractivity contribution in [1.82, 2.24) is 10.6 Å². The maximum absolute atomic E-state index is 14.3. The molecule has 0 aliphatic carbocycles. The highest BCUT2D eigenvalue weighted by atomic mass is 35.5. The number of rotatable bonds is 6. The molecule has 122 valence electrons. The van der Waals surface area contributed by atoms with E-state index in [1.165, 1.54) is 13.0 Å². The zero-order chi connectivity index (χ0) is 15.9. The van der Waals surface area contributed by atoms with Gasteiger partial charge in [-0.2, -0.15) is 0 Å². The van der Waals surface area contributed by atoms with E-state index < -0.39 is 5.82 Å². The van der Waals surface area contributed by atoms with E-state index in [0.717, 1.165) is 25.9 Å². The van der Waals surface area contributed by atoms with E-state index in [0.29, 0.717) is 18.7 Å². The largest absolute Gasteiger partial charge is 0.371 e. The molecule has 1 amide bonds. The summed E-state index contributed by atoms with van der Waals surface area (Å²) in [4.78, 5) is 10.9. The van der Waals surface area contributed by atoms with Crippen LogP contribution in [0.5, 0.6) is 0 Å². The quantitative estimate of drug-likeness (QED) is 0.789. The van der Waals surface area contributed by atoms with Crippen molar-refractivity contribution in [3.8, 4) is 0 Å². The Kier molecular flexibility index (Phi) is 6.61. The van der Waals surface area contributed by atoms with Gasteiger partial charge >= 0.3 is 0 Å². The molecule has 1 saturated heterocycles. The van der Waals surface area contributed by atoms with Crippen LogP contribution in [0.15, 0.2) is 18.2 Å². The van der Waals surface area contributed by atoms with Gasteiger partial charge in [0, 0.05) is 31.5 Å². The van der Waals surface area contributed by atoms with Crippen molar-refractivity contribution >= 4 is 17.5 Å². The Hall–Kier alpha value is -1.17. The molecule has 2 rings (SSSR count). The number of hydrogen-bond donors (Lipinski definition) is 2. The zero-order valence-electron chi connectivity index (χ0n) is 12.7. The number of piperidine rings is 1. The van der Waals surface area contributed by atoms with Gasteiger partial charge in [-0.1, -0.05) is 23.7 Å². The fourth-order valence-corrected chi connectivity index (χ4v) is 2.95. The molecule has 1 aliphatic rings. The maximum atomic E-state index is 14.3. The molecule has 2 N–H and O–H groups in total. The Bertz CT molecular complexity index is 507. The highest BCUT2D eigenvalue weighted by Crippen LogP contribution is 2.34. The zero-order valence-corrected chi connectivity index (χ0v) is 13.5. The molecule has 6 heteroatoms. The minimum Gasteiger partial charge on any atom is -0.371 e. The molecule has 0 radical (unpaired) electrons. The average molecular weight is 329 g/mol. The van der Waals surface area contributed by atoms with E-state index in [4.69, 9.17) is 16.3 Å². The third-order valence-electron chi connectivity index (χ3n) is 3.82. The van der Waals surface area contributed by atoms with E-state index in [9.17, 15) is 9.18 Å². The lowest BCUT2D eigenvalue weighted by atomic mass is 9.89. The highest BCUT2D eigenvalue weighted by molar-refractivity contribution is 6.30. The molecule has 0 spiro atoms. The molecule has 1 aliphatic heterocycles. The fraction of sp³-hybridized carbons (Fsp3) is 0.562. The molecule has 0 saturated carbocycles. The predicted octanol–water partition coefficient (Wildman–Crippen LogP) is 2.67. The van der Waals surface area contributed by atoms with Gasteiger partial charge in [-0.05, 0) is 25.5 Å². The second-order valence-electron chi connectivity index (χ2n) is 5.52. The molecule has 1 heterocycles. The van der Waals surface area contributed by atoms with Crippen LogP contribution in [-0.2, 0) is 9.53 Å². The van der Waals surface area contributed by atoms with Crippen LogP contribution < -0.4 is 10.6 Å². The molecule has 1 aromatic rings. The van der Waals surface area contributed by atoms with Crippen molar-refractivity contribution in [2.75, 3.05) is 26.2 Å². The molecular formula is C16H22ClFN2O2. The summed E-state index contributed by atoms with van der Waals surface area (Å²) in [7, 11) is 0. The van der Waals surface area contributed by atoms with Gasteiger partial charge in [0.2, 0.25) is 5.91 Å². The van der Waals surface area contributed by atoms with Crippen LogP contribution in [-0.4, -0.2) is 32.1 Å². The van der Waals surface area contributed by atoms with E-state index in [1.807, 2.05) is 0 Å². The van der Waals surface area contributed by atoms with Crippen LogP contribution in [0, 0.1) is 11.7 Å². The van der Waals surface area contributed by atoms with Crippen molar-refractivity contribution in [2.45, 2.75) is 25.9 Å². The topological polar surface area (TPSA) is 50.4 Å². The number of benzene rings is 1. The van der Waals surface area contributed by atoms with Crippen LogP contribution >= 0.6 is 11.6 Å². The van der Waals surface area contributed by atoms with E-state index in [2.05, 4.69) is 10.6 Å². The molecule has 2 atom stereocenters. The first-order valence-electron chi connectivity index (χ1n) is 7.60. The van der Waals surface area contributed by atoms with Gasteiger partial charge in [0.15, 0.2) is 0 Å². The van der Waals surface area contributed by atoms with Gasteiger partial charge in [-0.25, -0.2) is 4.39 Å². The maximum Gasteiger partial charge on any atom is 0.216 e. The molecule has 4 nitrogen and oxygen atoms in total. The number of amides is 1. The van der Waals surface area contributed by atoms with Crippen molar-refractivity contribution in [2.24, 2.45) is 5.92 Å². The Morgan fingerprint density at radius 3 is 3.09 bits per heavy atom. The highest BCUT2D eigenvalue weighted by Gasteiger charge is 2.28. The van der Waals surface area contributed by atoms with Gasteiger partial charge in [-0.3, -0.25) is 4.79 Å². The molecule has 1 fully saturated rings. The Labute approximate surface area is 135 Å². The molecule has 1 aromatic carbocycles. The minimum absolute atomic E-state index is 0.103. The van der Waals surface area contributed by atoms with Crippen molar-refractivity contribution in [3.63, 3.8) is 0 Å². The Morgan fingerprint density at radius 2 is 2.41 bits per heavy atom. The summed E-state index contributed by atoms with van der Waals surface area (Å²) in [5, 5.41) is 6.11. The van der Waals surface area contributed by atoms with Gasteiger partial charge in [0.05, 0.1) is 17.7 Å². The summed E-state index contributed by atoms with van der Waals surface area (Å²) in [5.41, 5.74) is 0.490. The fourth-order valence-electron chi connectivity index (χ4n) is 2.77. The van der Waals surface area contributed by atoms with Crippen molar-refractivity contribution in [1.29, 1.82) is 0 Å². The number of ether oxygens (including phenoxy) is 1. The van der Waals surface area contributed by atoms with E-state index in [-0.39, 0.29) is 23.0 Å². The van der Waals surface area contributed by atoms with Crippen LogP contribution in [0.4, 0.5) is 4.39 Å². The standard InChI is InChI=1S/C16H22ClFN2O2/c1-11(21)20-8-9-22-16(12-4-3-7-19-10-12)13-5-2-6-14(17)15(13)18/h2,5-6,12,16,19H,3-4,7-10H2,1H3,(H,20,21)/t12?,16-/m1/s1. The third kappa shape index (κ3) is 4.66. The number of hydrogen-bond acceptors (Lipinski definition) is 3. The lowest BCUT2D eigenvalue weighted by molar-refractivity contribution is -0.119. The van der Waals surface area contributed by atoms with Gasteiger partial charge in [0.25, 0.3) is 0 Å². The molecule has 22 heavy (non-hydrogen) atoms. The second kappa shape index (κ2) is 8.46. The summed E-state index contributed by atoms with van der Waals surface area (Å²) >= 11 is 5.90. The normalized spacial score (nSPS) is 19.7. The van der Waals surface area contributed by atoms with E-state index in [1.54, 1.807) is 12.1 Å². The number of halogens is 2. The van der Waals surface area contributed by atoms with Gasteiger partial charge in [0.1, 0.15) is 5.82 Å². The molecule has 0 bridgehead atoms. The SMILES string of the molecule is CC(=O)NCCO[C@@H](c1cccc(Cl)c1F)C1CCCNC1. The van der Waals surface area contributed by atoms with Crippen LogP contribution in [0.25, 0.3) is 0 Å². The van der Waals surface area contributed by atoms with Crippen LogP contribution in [0.1, 0.15) is 31.4 Å². The van der Waals surface area contributed by atoms with Crippen LogP contribution in [0.3, 0.4) is 0 Å². The minimum atomic E-state index is -0.417. The predicted molar refractivity (Wildman–Crippen MR) is 84.4 cm³/mol. The van der Waals surface area contributed by atoms with E-state index >= 15 is 0 Å². The summed E-state index contributed by atoms with van der Waals surface area (Å²) in [6, 6.07) is 4.99. The summed E-state index contributed by atoms with van der Waals surface area (Å²) in [6.45, 7) is 3.98. The lowest BCUT2D eigenvalue weighted by Crippen LogP contribution is -2.35. The lowest BCUT2D eigenvalue weighted by Gasteiger charge is -2.31. The Balaban J connectivity index is 2.10. The summed E-state index contributed by atoms with van der Waals surface area (Å²) in [6.07, 6.45) is 1.66. The molecule has 1 unspecified atom stereocenters. The third-order valence-corrected chi connectivity index (χ3v) is 4.12. The Morgan fingerprint density at radius 1 is 1.59 bits per heavy atom. The summed E-state index contributed by atoms with van der Waals surface area (Å²) < 4.78 is 20.2.